The Balaban J connectivity index is 3.10. The number of halogens is 1. The van der Waals surface area contributed by atoms with Crippen LogP contribution in [0.2, 0.25) is 0 Å². The van der Waals surface area contributed by atoms with Gasteiger partial charge in [0.15, 0.2) is 5.69 Å². The molecule has 2 N–H and O–H groups in total. The van der Waals surface area contributed by atoms with E-state index in [2.05, 4.69) is 0 Å². The van der Waals surface area contributed by atoms with E-state index in [1.807, 2.05) is 0 Å². The van der Waals surface area contributed by atoms with E-state index < -0.39 is 4.92 Å². The van der Waals surface area contributed by atoms with E-state index in [1.54, 1.807) is 13.0 Å². The number of hydrogen-bond donors (Lipinski definition) is 1. The SMILES string of the molecule is Cc1cc(OCCCl)c(N)c([N+](=O)[O-])c1. The summed E-state index contributed by atoms with van der Waals surface area (Å²) in [6.07, 6.45) is 0. The van der Waals surface area contributed by atoms with E-state index in [0.717, 1.165) is 5.56 Å². The van der Waals surface area contributed by atoms with Crippen LogP contribution in [-0.4, -0.2) is 17.4 Å². The Bertz CT molecular complexity index is 382. The van der Waals surface area contributed by atoms with E-state index in [9.17, 15) is 10.1 Å². The van der Waals surface area contributed by atoms with Gasteiger partial charge in [-0.2, -0.15) is 0 Å². The summed E-state index contributed by atoms with van der Waals surface area (Å²) < 4.78 is 5.20. The molecule has 0 saturated heterocycles. The van der Waals surface area contributed by atoms with Gasteiger partial charge in [-0.1, -0.05) is 0 Å². The van der Waals surface area contributed by atoms with Crippen molar-refractivity contribution >= 4 is 23.0 Å². The first kappa shape index (κ1) is 11.6. The van der Waals surface area contributed by atoms with Crippen molar-refractivity contribution in [3.63, 3.8) is 0 Å². The molecule has 82 valence electrons. The summed E-state index contributed by atoms with van der Waals surface area (Å²) in [7, 11) is 0. The van der Waals surface area contributed by atoms with Crippen molar-refractivity contribution in [2.45, 2.75) is 6.92 Å². The highest BCUT2D eigenvalue weighted by Crippen LogP contribution is 2.32. The van der Waals surface area contributed by atoms with Gasteiger partial charge in [-0.3, -0.25) is 10.1 Å². The lowest BCUT2D eigenvalue weighted by molar-refractivity contribution is -0.384. The van der Waals surface area contributed by atoms with E-state index in [0.29, 0.717) is 11.6 Å². The maximum atomic E-state index is 10.6. The number of benzene rings is 1. The Morgan fingerprint density at radius 2 is 2.27 bits per heavy atom. The average molecular weight is 231 g/mol. The number of aryl methyl sites for hydroxylation is 1. The lowest BCUT2D eigenvalue weighted by atomic mass is 10.2. The maximum absolute atomic E-state index is 10.6. The first-order chi connectivity index (χ1) is 7.06. The third-order valence-corrected chi connectivity index (χ3v) is 1.95. The minimum absolute atomic E-state index is 0.0377. The molecule has 0 aliphatic rings. The third kappa shape index (κ3) is 2.73. The highest BCUT2D eigenvalue weighted by molar-refractivity contribution is 6.18. The van der Waals surface area contributed by atoms with Gasteiger partial charge in [-0.15, -0.1) is 11.6 Å². The van der Waals surface area contributed by atoms with Crippen molar-refractivity contribution in [3.8, 4) is 5.75 Å². The zero-order valence-corrected chi connectivity index (χ0v) is 8.95. The second kappa shape index (κ2) is 4.84. The molecule has 0 saturated carbocycles. The summed E-state index contributed by atoms with van der Waals surface area (Å²) in [5.41, 5.74) is 6.21. The number of alkyl halides is 1. The van der Waals surface area contributed by atoms with Crippen LogP contribution in [0, 0.1) is 17.0 Å². The average Bonchev–Trinajstić information content (AvgIpc) is 2.18. The molecule has 1 aromatic carbocycles. The summed E-state index contributed by atoms with van der Waals surface area (Å²) in [6, 6.07) is 3.05. The summed E-state index contributed by atoms with van der Waals surface area (Å²) in [5.74, 6) is 0.614. The van der Waals surface area contributed by atoms with Gasteiger partial charge in [0, 0.05) is 6.07 Å². The number of nitro groups is 1. The number of nitrogen functional groups attached to an aromatic ring is 1. The van der Waals surface area contributed by atoms with Crippen molar-refractivity contribution < 1.29 is 9.66 Å². The number of ether oxygens (including phenoxy) is 1. The maximum Gasteiger partial charge on any atom is 0.296 e. The standard InChI is InChI=1S/C9H11ClN2O3/c1-6-4-7(12(13)14)9(11)8(5-6)15-3-2-10/h4-5H,2-3,11H2,1H3. The van der Waals surface area contributed by atoms with Crippen molar-refractivity contribution in [3.05, 3.63) is 27.8 Å². The molecule has 0 fully saturated rings. The van der Waals surface area contributed by atoms with Crippen molar-refractivity contribution in [1.29, 1.82) is 0 Å². The number of nitrogens with zero attached hydrogens (tertiary/aromatic N) is 1. The molecule has 0 radical (unpaired) electrons. The Hall–Kier alpha value is -1.49. The molecule has 0 aromatic heterocycles. The van der Waals surface area contributed by atoms with Gasteiger partial charge >= 0.3 is 0 Å². The smallest absolute Gasteiger partial charge is 0.296 e. The van der Waals surface area contributed by atoms with Gasteiger partial charge in [0.05, 0.1) is 10.8 Å². The molecule has 0 amide bonds. The molecule has 15 heavy (non-hydrogen) atoms. The molecule has 0 aliphatic carbocycles. The molecule has 0 heterocycles. The van der Waals surface area contributed by atoms with Crippen LogP contribution >= 0.6 is 11.6 Å². The van der Waals surface area contributed by atoms with Crippen LogP contribution in [0.15, 0.2) is 12.1 Å². The molecule has 5 nitrogen and oxygen atoms in total. The Morgan fingerprint density at radius 1 is 1.60 bits per heavy atom. The number of hydrogen-bond acceptors (Lipinski definition) is 4. The predicted octanol–water partition coefficient (Wildman–Crippen LogP) is 2.10. The minimum Gasteiger partial charge on any atom is -0.490 e. The van der Waals surface area contributed by atoms with Gasteiger partial charge in [0.2, 0.25) is 0 Å². The van der Waals surface area contributed by atoms with Gasteiger partial charge < -0.3 is 10.5 Å². The van der Waals surface area contributed by atoms with Crippen LogP contribution < -0.4 is 10.5 Å². The second-order valence-electron chi connectivity index (χ2n) is 2.99. The lowest BCUT2D eigenvalue weighted by Crippen LogP contribution is -2.04. The van der Waals surface area contributed by atoms with E-state index in [4.69, 9.17) is 22.1 Å². The first-order valence-electron chi connectivity index (χ1n) is 4.29. The third-order valence-electron chi connectivity index (χ3n) is 1.80. The van der Waals surface area contributed by atoms with Crippen LogP contribution in [0.4, 0.5) is 11.4 Å². The highest BCUT2D eigenvalue weighted by atomic mass is 35.5. The molecule has 1 aromatic rings. The summed E-state index contributed by atoms with van der Waals surface area (Å²) >= 11 is 5.45. The molecule has 0 spiro atoms. The number of anilines is 1. The summed E-state index contributed by atoms with van der Waals surface area (Å²) in [4.78, 5) is 10.1. The Morgan fingerprint density at radius 3 is 2.80 bits per heavy atom. The number of nitrogens with two attached hydrogens (primary N) is 1. The lowest BCUT2D eigenvalue weighted by Gasteiger charge is -2.08. The summed E-state index contributed by atoms with van der Waals surface area (Å²) in [5, 5.41) is 10.6. The zero-order valence-electron chi connectivity index (χ0n) is 8.20. The fourth-order valence-electron chi connectivity index (χ4n) is 1.16. The Kier molecular flexibility index (Phi) is 3.74. The molecule has 0 aliphatic heterocycles. The highest BCUT2D eigenvalue weighted by Gasteiger charge is 2.16. The zero-order chi connectivity index (χ0) is 11.4. The van der Waals surface area contributed by atoms with Crippen LogP contribution in [0.5, 0.6) is 5.75 Å². The first-order valence-corrected chi connectivity index (χ1v) is 4.83. The Labute approximate surface area is 91.9 Å². The predicted molar refractivity (Wildman–Crippen MR) is 58.5 cm³/mol. The normalized spacial score (nSPS) is 10.0. The fraction of sp³-hybridized carbons (Fsp3) is 0.333. The minimum atomic E-state index is -0.532. The van der Waals surface area contributed by atoms with Crippen LogP contribution in [0.25, 0.3) is 0 Å². The molecular weight excluding hydrogens is 220 g/mol. The van der Waals surface area contributed by atoms with Gasteiger partial charge in [0.1, 0.15) is 12.4 Å². The molecule has 6 heteroatoms. The topological polar surface area (TPSA) is 78.4 Å². The van der Waals surface area contributed by atoms with Gasteiger partial charge in [0.25, 0.3) is 5.69 Å². The fourth-order valence-corrected chi connectivity index (χ4v) is 1.24. The van der Waals surface area contributed by atoms with E-state index >= 15 is 0 Å². The van der Waals surface area contributed by atoms with E-state index in [-0.39, 0.29) is 18.0 Å². The largest absolute Gasteiger partial charge is 0.490 e. The van der Waals surface area contributed by atoms with Gasteiger partial charge in [-0.05, 0) is 18.6 Å². The van der Waals surface area contributed by atoms with Crippen molar-refractivity contribution in [1.82, 2.24) is 0 Å². The van der Waals surface area contributed by atoms with Crippen LogP contribution in [-0.2, 0) is 0 Å². The quantitative estimate of drug-likeness (QED) is 0.372. The monoisotopic (exact) mass is 230 g/mol. The van der Waals surface area contributed by atoms with Gasteiger partial charge in [-0.25, -0.2) is 0 Å². The van der Waals surface area contributed by atoms with E-state index in [1.165, 1.54) is 6.07 Å². The molecule has 1 rings (SSSR count). The number of rotatable bonds is 4. The molecular formula is C9H11ClN2O3. The van der Waals surface area contributed by atoms with Crippen molar-refractivity contribution in [2.24, 2.45) is 0 Å². The number of nitro benzene ring substituents is 1. The summed E-state index contributed by atoms with van der Waals surface area (Å²) in [6.45, 7) is 2.01. The van der Waals surface area contributed by atoms with Crippen LogP contribution in [0.3, 0.4) is 0 Å². The van der Waals surface area contributed by atoms with Crippen LogP contribution in [0.1, 0.15) is 5.56 Å². The van der Waals surface area contributed by atoms with Crippen molar-refractivity contribution in [2.75, 3.05) is 18.2 Å². The molecule has 0 atom stereocenters. The molecule has 0 unspecified atom stereocenters. The second-order valence-corrected chi connectivity index (χ2v) is 3.37. The molecule has 0 bridgehead atoms.